The molecular formula is C3H5NO. The molecule has 2 heteroatoms. The monoisotopic (exact) mass is 75.1 g/mol. The fourth-order valence-electron chi connectivity index (χ4n) is 0.0250. The van der Waals surface area contributed by atoms with E-state index in [9.17, 15) is 0 Å². The van der Waals surface area contributed by atoms with Gasteiger partial charge in [0.25, 0.3) is 0 Å². The van der Waals surface area contributed by atoms with Crippen LogP contribution in [0.5, 0.6) is 0 Å². The van der Waals surface area contributed by atoms with Crippen LogP contribution in [0.3, 0.4) is 0 Å². The minimum absolute atomic E-state index is 0.990. The summed E-state index contributed by atoms with van der Waals surface area (Å²) in [6, 6.07) is 0.990. The molecule has 0 aliphatic rings. The van der Waals surface area contributed by atoms with Gasteiger partial charge in [-0.15, -0.1) is 0 Å². The topological polar surface area (TPSA) is 44.0 Å². The average molecular weight is 75.1 g/mol. The van der Waals surface area contributed by atoms with Gasteiger partial charge in [0.05, 0.1) is 21.7 Å². The first kappa shape index (κ1) is 0.954. The summed E-state index contributed by atoms with van der Waals surface area (Å²) in [6.07, 6.45) is -2.83. The molecule has 0 amide bonds. The van der Waals surface area contributed by atoms with Crippen molar-refractivity contribution in [2.24, 2.45) is 0 Å². The Labute approximate surface area is 36.3 Å². The zero-order valence-corrected chi connectivity index (χ0v) is 2.39. The van der Waals surface area contributed by atoms with Crippen LogP contribution < -0.4 is 0 Å². The highest BCUT2D eigenvalue weighted by molar-refractivity contribution is 4.65. The second-order valence-electron chi connectivity index (χ2n) is 0.349. The smallest absolute Gasteiger partial charge is 0.0645 e. The number of hydrogen-bond acceptors (Lipinski definition) is 2. The van der Waals surface area contributed by atoms with Crippen LogP contribution in [-0.4, -0.2) is 11.7 Å². The van der Waals surface area contributed by atoms with Gasteiger partial charge in [-0.05, 0) is 0 Å². The molecule has 0 fully saturated rings. The minimum Gasteiger partial charge on any atom is -0.395 e. The van der Waals surface area contributed by atoms with Crippen molar-refractivity contribution >= 4 is 0 Å². The highest BCUT2D eigenvalue weighted by atomic mass is 16.2. The van der Waals surface area contributed by atoms with Crippen LogP contribution in [0.15, 0.2) is 0 Å². The highest BCUT2D eigenvalue weighted by Crippen LogP contribution is 1.62. The first-order valence-corrected chi connectivity index (χ1v) is 0.947. The number of nitriles is 1. The lowest BCUT2D eigenvalue weighted by molar-refractivity contribution is 0.304. The van der Waals surface area contributed by atoms with Gasteiger partial charge in [0.1, 0.15) is 0 Å². The summed E-state index contributed by atoms with van der Waals surface area (Å²) < 4.78 is 25.7. The van der Waals surface area contributed by atoms with Gasteiger partial charge >= 0.3 is 0 Å². The zero-order chi connectivity index (χ0) is 7.71. The Kier molecular flexibility index (Phi) is 0.658. The van der Waals surface area contributed by atoms with Crippen molar-refractivity contribution in [1.82, 2.24) is 0 Å². The maximum absolute atomic E-state index is 8.28. The van der Waals surface area contributed by atoms with E-state index in [0.29, 0.717) is 0 Å². The zero-order valence-electron chi connectivity index (χ0n) is 6.39. The van der Waals surface area contributed by atoms with Gasteiger partial charge in [-0.1, -0.05) is 0 Å². The van der Waals surface area contributed by atoms with Gasteiger partial charge in [0.2, 0.25) is 0 Å². The van der Waals surface area contributed by atoms with E-state index in [4.69, 9.17) is 15.9 Å². The molecule has 0 aromatic carbocycles. The summed E-state index contributed by atoms with van der Waals surface area (Å²) in [5, 5.41) is 16.2. The van der Waals surface area contributed by atoms with Gasteiger partial charge in [0, 0.05) is 2.74 Å². The molecule has 0 aromatic rings. The highest BCUT2D eigenvalue weighted by Gasteiger charge is 1.66. The van der Waals surface area contributed by atoms with Crippen molar-refractivity contribution in [3.63, 3.8) is 0 Å². The van der Waals surface area contributed by atoms with Gasteiger partial charge < -0.3 is 5.11 Å². The first-order valence-electron chi connectivity index (χ1n) is 2.95. The summed E-state index contributed by atoms with van der Waals surface area (Å²) in [4.78, 5) is 0. The van der Waals surface area contributed by atoms with Crippen LogP contribution in [0.25, 0.3) is 0 Å². The van der Waals surface area contributed by atoms with Crippen LogP contribution >= 0.6 is 0 Å². The fraction of sp³-hybridized carbons (Fsp3) is 0.667. The molecule has 5 heavy (non-hydrogen) atoms. The average Bonchev–Trinajstić information content (AvgIpc) is 1.64. The molecule has 0 unspecified atom stereocenters. The van der Waals surface area contributed by atoms with Crippen molar-refractivity contribution in [2.75, 3.05) is 6.56 Å². The molecule has 0 heterocycles. The molecular weight excluding hydrogens is 66.0 g/mol. The Balaban J connectivity index is 4.39. The number of nitrogens with zero attached hydrogens (tertiary/aromatic N) is 1. The summed E-state index contributed by atoms with van der Waals surface area (Å²) in [5.74, 6) is 0. The summed E-state index contributed by atoms with van der Waals surface area (Å²) in [7, 11) is 0. The van der Waals surface area contributed by atoms with E-state index in [1.54, 1.807) is 0 Å². The van der Waals surface area contributed by atoms with Crippen LogP contribution in [0.2, 0.25) is 0 Å². The predicted octanol–water partition coefficient (Wildman–Crippen LogP) is -0.108. The molecule has 0 aliphatic carbocycles. The van der Waals surface area contributed by atoms with Gasteiger partial charge in [0.15, 0.2) is 0 Å². The lowest BCUT2D eigenvalue weighted by atomic mass is 10.5. The Bertz CT molecular complexity index is 143. The molecule has 2 nitrogen and oxygen atoms in total. The van der Waals surface area contributed by atoms with Crippen molar-refractivity contribution in [3.05, 3.63) is 0 Å². The second-order valence-corrected chi connectivity index (χ2v) is 0.349. The Morgan fingerprint density at radius 2 is 2.80 bits per heavy atom. The van der Waals surface area contributed by atoms with E-state index in [1.807, 2.05) is 0 Å². The van der Waals surface area contributed by atoms with E-state index in [-0.39, 0.29) is 0 Å². The molecule has 0 spiro atoms. The van der Waals surface area contributed by atoms with Crippen LogP contribution in [0.4, 0.5) is 0 Å². The minimum atomic E-state index is -3.08. The quantitative estimate of drug-likeness (QED) is 0.472. The molecule has 0 atom stereocenters. The Morgan fingerprint density at radius 3 is 2.80 bits per heavy atom. The number of hydrogen-bond donors (Lipinski definition) is 1. The molecule has 0 radical (unpaired) electrons. The van der Waals surface area contributed by atoms with Gasteiger partial charge in [-0.25, -0.2) is 0 Å². The van der Waals surface area contributed by atoms with Gasteiger partial charge in [-0.3, -0.25) is 0 Å². The molecule has 0 aromatic heterocycles. The SMILES string of the molecule is [2H]C([2H])(O)C([2H])([2H])C#N. The number of aliphatic hydroxyl groups is 1. The maximum Gasteiger partial charge on any atom is 0.0645 e. The largest absolute Gasteiger partial charge is 0.395 e. The van der Waals surface area contributed by atoms with E-state index >= 15 is 0 Å². The van der Waals surface area contributed by atoms with E-state index in [2.05, 4.69) is 0 Å². The molecule has 0 bridgehead atoms. The fourth-order valence-corrected chi connectivity index (χ4v) is 0.0250. The summed E-state index contributed by atoms with van der Waals surface area (Å²) >= 11 is 0. The van der Waals surface area contributed by atoms with Gasteiger partial charge in [-0.2, -0.15) is 5.26 Å². The van der Waals surface area contributed by atoms with Crippen LogP contribution in [-0.2, 0) is 0 Å². The van der Waals surface area contributed by atoms with E-state index < -0.39 is 12.9 Å². The molecule has 28 valence electrons. The second kappa shape index (κ2) is 3.45. The lowest BCUT2D eigenvalue weighted by Crippen LogP contribution is -1.72. The third-order valence-corrected chi connectivity index (χ3v) is 0.112. The predicted molar refractivity (Wildman–Crippen MR) is 17.3 cm³/mol. The van der Waals surface area contributed by atoms with E-state index in [0.717, 1.165) is 6.07 Å². The third-order valence-electron chi connectivity index (χ3n) is 0.112. The Hall–Kier alpha value is -0.550. The van der Waals surface area contributed by atoms with Crippen molar-refractivity contribution in [3.8, 4) is 6.07 Å². The van der Waals surface area contributed by atoms with Crippen molar-refractivity contribution in [2.45, 2.75) is 6.37 Å². The molecule has 1 N–H and O–H groups in total. The molecule has 0 saturated carbocycles. The first-order chi connectivity index (χ1) is 3.81. The third kappa shape index (κ3) is 3.45. The van der Waals surface area contributed by atoms with Crippen LogP contribution in [0, 0.1) is 11.3 Å². The number of rotatable bonds is 1. The maximum atomic E-state index is 8.28. The van der Waals surface area contributed by atoms with Crippen LogP contribution in [0.1, 0.15) is 11.9 Å². The lowest BCUT2D eigenvalue weighted by Gasteiger charge is -1.67. The summed E-state index contributed by atoms with van der Waals surface area (Å²) in [6.45, 7) is -3.08. The van der Waals surface area contributed by atoms with Crippen molar-refractivity contribution in [1.29, 1.82) is 5.26 Å². The molecule has 0 aliphatic heterocycles. The Morgan fingerprint density at radius 1 is 2.20 bits per heavy atom. The standard InChI is InChI=1S/C3H5NO/c4-2-1-3-5/h5H,1,3H2/i1D2,3D2. The van der Waals surface area contributed by atoms with Crippen molar-refractivity contribution < 1.29 is 10.6 Å². The molecule has 0 rings (SSSR count). The molecule has 0 saturated heterocycles. The summed E-state index contributed by atoms with van der Waals surface area (Å²) in [5.41, 5.74) is 0. The van der Waals surface area contributed by atoms with E-state index in [1.165, 1.54) is 0 Å². The normalized spacial score (nSPS) is 24.0.